The Bertz CT molecular complexity index is 1290. The van der Waals surface area contributed by atoms with Gasteiger partial charge >= 0.3 is 6.18 Å². The first-order valence-corrected chi connectivity index (χ1v) is 13.0. The largest absolute Gasteiger partial charge is 0.416 e. The van der Waals surface area contributed by atoms with Gasteiger partial charge in [0.2, 0.25) is 10.0 Å². The molecule has 0 aliphatic carbocycles. The van der Waals surface area contributed by atoms with Gasteiger partial charge in [-0.05, 0) is 35.4 Å². The minimum atomic E-state index is -4.48. The zero-order chi connectivity index (χ0) is 26.6. The molecule has 1 fully saturated rings. The van der Waals surface area contributed by atoms with Gasteiger partial charge in [0.25, 0.3) is 0 Å². The van der Waals surface area contributed by atoms with E-state index in [1.165, 1.54) is 10.4 Å². The van der Waals surface area contributed by atoms with E-state index in [-0.39, 0.29) is 19.7 Å². The SMILES string of the molecule is O=S(=O)(c1cc(F)cc(F)c1)N1CCN(CCO[C@@H](c2ccccc2)c2cccc(C(F)(F)F)c2)CC1. The van der Waals surface area contributed by atoms with Crippen LogP contribution in [0.4, 0.5) is 22.0 Å². The van der Waals surface area contributed by atoms with Crippen molar-refractivity contribution in [3.05, 3.63) is 101 Å². The van der Waals surface area contributed by atoms with Crippen molar-refractivity contribution in [2.45, 2.75) is 17.2 Å². The zero-order valence-electron chi connectivity index (χ0n) is 19.7. The summed E-state index contributed by atoms with van der Waals surface area (Å²) in [5.41, 5.74) is 0.323. The molecular formula is C26H25F5N2O3S. The highest BCUT2D eigenvalue weighted by atomic mass is 32.2. The van der Waals surface area contributed by atoms with Crippen LogP contribution in [-0.4, -0.2) is 57.0 Å². The molecule has 0 radical (unpaired) electrons. The molecule has 0 spiro atoms. The predicted octanol–water partition coefficient (Wildman–Crippen LogP) is 5.10. The summed E-state index contributed by atoms with van der Waals surface area (Å²) in [6.07, 6.45) is -5.19. The number of hydrogen-bond donors (Lipinski definition) is 0. The number of alkyl halides is 3. The van der Waals surface area contributed by atoms with Gasteiger partial charge in [-0.15, -0.1) is 0 Å². The number of nitrogens with zero attached hydrogens (tertiary/aromatic N) is 2. The molecular weight excluding hydrogens is 515 g/mol. The number of ether oxygens (including phenoxy) is 1. The van der Waals surface area contributed by atoms with E-state index in [9.17, 15) is 30.4 Å². The van der Waals surface area contributed by atoms with Crippen LogP contribution in [0.25, 0.3) is 0 Å². The number of sulfonamides is 1. The van der Waals surface area contributed by atoms with Gasteiger partial charge in [0.15, 0.2) is 0 Å². The molecule has 1 saturated heterocycles. The zero-order valence-corrected chi connectivity index (χ0v) is 20.5. The van der Waals surface area contributed by atoms with Gasteiger partial charge < -0.3 is 4.74 Å². The van der Waals surface area contributed by atoms with Crippen LogP contribution in [0.15, 0.2) is 77.7 Å². The summed E-state index contributed by atoms with van der Waals surface area (Å²) in [5, 5.41) is 0. The fourth-order valence-corrected chi connectivity index (χ4v) is 5.68. The van der Waals surface area contributed by atoms with Crippen LogP contribution < -0.4 is 0 Å². The first kappa shape index (κ1) is 27.2. The van der Waals surface area contributed by atoms with Crippen LogP contribution in [0.1, 0.15) is 22.8 Å². The Hall–Kier alpha value is -2.86. The maximum absolute atomic E-state index is 13.5. The van der Waals surface area contributed by atoms with Crippen molar-refractivity contribution in [1.82, 2.24) is 9.21 Å². The number of piperazine rings is 1. The average Bonchev–Trinajstić information content (AvgIpc) is 2.86. The van der Waals surface area contributed by atoms with Crippen LogP contribution >= 0.6 is 0 Å². The van der Waals surface area contributed by atoms with E-state index in [1.807, 2.05) is 4.90 Å². The summed E-state index contributed by atoms with van der Waals surface area (Å²) < 4.78 is 99.6. The van der Waals surface area contributed by atoms with E-state index < -0.39 is 44.4 Å². The third-order valence-electron chi connectivity index (χ3n) is 6.12. The second kappa shape index (κ2) is 11.3. The highest BCUT2D eigenvalue weighted by Gasteiger charge is 2.32. The Labute approximate surface area is 212 Å². The van der Waals surface area contributed by atoms with Crippen molar-refractivity contribution in [2.24, 2.45) is 0 Å². The Balaban J connectivity index is 1.38. The smallest absolute Gasteiger partial charge is 0.367 e. The first-order valence-electron chi connectivity index (χ1n) is 11.6. The van der Waals surface area contributed by atoms with E-state index in [4.69, 9.17) is 4.74 Å². The van der Waals surface area contributed by atoms with Crippen molar-refractivity contribution < 1.29 is 35.1 Å². The van der Waals surface area contributed by atoms with Crippen LogP contribution in [0, 0.1) is 11.6 Å². The molecule has 4 rings (SSSR count). The third kappa shape index (κ3) is 6.72. The third-order valence-corrected chi connectivity index (χ3v) is 7.99. The lowest BCUT2D eigenvalue weighted by molar-refractivity contribution is -0.137. The summed E-state index contributed by atoms with van der Waals surface area (Å²) in [4.78, 5) is 1.53. The van der Waals surface area contributed by atoms with Gasteiger partial charge in [-0.2, -0.15) is 17.5 Å². The minimum Gasteiger partial charge on any atom is -0.367 e. The van der Waals surface area contributed by atoms with E-state index in [2.05, 4.69) is 0 Å². The topological polar surface area (TPSA) is 49.9 Å². The fourth-order valence-electron chi connectivity index (χ4n) is 4.21. The van der Waals surface area contributed by atoms with Crippen molar-refractivity contribution in [1.29, 1.82) is 0 Å². The standard InChI is InChI=1S/C26H25F5N2O3S/c27-22-16-23(28)18-24(17-22)37(34,35)33-11-9-32(10-12-33)13-14-36-25(19-5-2-1-3-6-19)20-7-4-8-21(15-20)26(29,30)31/h1-8,15-18,25H,9-14H2/t25-/m0/s1. The second-order valence-electron chi connectivity index (χ2n) is 8.64. The van der Waals surface area contributed by atoms with Crippen molar-refractivity contribution in [2.75, 3.05) is 39.3 Å². The van der Waals surface area contributed by atoms with Crippen molar-refractivity contribution in [3.8, 4) is 0 Å². The number of halogens is 5. The molecule has 0 aromatic heterocycles. The molecule has 0 amide bonds. The van der Waals surface area contributed by atoms with Crippen molar-refractivity contribution >= 4 is 10.0 Å². The van der Waals surface area contributed by atoms with E-state index in [1.54, 1.807) is 36.4 Å². The highest BCUT2D eigenvalue weighted by molar-refractivity contribution is 7.89. The lowest BCUT2D eigenvalue weighted by atomic mass is 9.99. The van der Waals surface area contributed by atoms with Crippen LogP contribution in [0.3, 0.4) is 0 Å². The van der Waals surface area contributed by atoms with E-state index in [0.29, 0.717) is 36.8 Å². The lowest BCUT2D eigenvalue weighted by Gasteiger charge is -2.34. The number of hydrogen-bond acceptors (Lipinski definition) is 4. The molecule has 3 aromatic rings. The molecule has 0 bridgehead atoms. The van der Waals surface area contributed by atoms with Gasteiger partial charge in [0.1, 0.15) is 17.7 Å². The minimum absolute atomic E-state index is 0.121. The van der Waals surface area contributed by atoms with E-state index in [0.717, 1.165) is 24.3 Å². The predicted molar refractivity (Wildman–Crippen MR) is 127 cm³/mol. The molecule has 1 heterocycles. The van der Waals surface area contributed by atoms with Crippen molar-refractivity contribution in [3.63, 3.8) is 0 Å². The quantitative estimate of drug-likeness (QED) is 0.374. The van der Waals surface area contributed by atoms with Crippen LogP contribution in [0.5, 0.6) is 0 Å². The Morgan fingerprint density at radius 2 is 1.43 bits per heavy atom. The second-order valence-corrected chi connectivity index (χ2v) is 10.6. The molecule has 1 aliphatic rings. The average molecular weight is 541 g/mol. The first-order chi connectivity index (χ1) is 17.5. The molecule has 0 unspecified atom stereocenters. The molecule has 37 heavy (non-hydrogen) atoms. The highest BCUT2D eigenvalue weighted by Crippen LogP contribution is 2.33. The fraction of sp³-hybridized carbons (Fsp3) is 0.308. The molecule has 0 N–H and O–H groups in total. The maximum atomic E-state index is 13.5. The molecule has 5 nitrogen and oxygen atoms in total. The maximum Gasteiger partial charge on any atom is 0.416 e. The summed E-state index contributed by atoms with van der Waals surface area (Å²) in [6.45, 7) is 1.58. The molecule has 1 atom stereocenters. The van der Waals surface area contributed by atoms with Gasteiger partial charge in [0.05, 0.1) is 17.1 Å². The summed E-state index contributed by atoms with van der Waals surface area (Å²) >= 11 is 0. The number of benzene rings is 3. The summed E-state index contributed by atoms with van der Waals surface area (Å²) in [6, 6.07) is 16.1. The monoisotopic (exact) mass is 540 g/mol. The van der Waals surface area contributed by atoms with Crippen LogP contribution in [0.2, 0.25) is 0 Å². The molecule has 3 aromatic carbocycles. The lowest BCUT2D eigenvalue weighted by Crippen LogP contribution is -2.49. The van der Waals surface area contributed by atoms with E-state index >= 15 is 0 Å². The Kier molecular flexibility index (Phi) is 8.27. The molecule has 11 heteroatoms. The molecule has 1 aliphatic heterocycles. The van der Waals surface area contributed by atoms with Gasteiger partial charge in [-0.1, -0.05) is 42.5 Å². The summed E-state index contributed by atoms with van der Waals surface area (Å²) in [5.74, 6) is -1.94. The van der Waals surface area contributed by atoms with Gasteiger partial charge in [-0.25, -0.2) is 17.2 Å². The molecule has 0 saturated carbocycles. The van der Waals surface area contributed by atoms with Gasteiger partial charge in [-0.3, -0.25) is 4.90 Å². The summed E-state index contributed by atoms with van der Waals surface area (Å²) in [7, 11) is -4.05. The van der Waals surface area contributed by atoms with Crippen LogP contribution in [-0.2, 0) is 20.9 Å². The Morgan fingerprint density at radius 1 is 0.811 bits per heavy atom. The van der Waals surface area contributed by atoms with Gasteiger partial charge in [0, 0.05) is 38.8 Å². The normalized spacial score (nSPS) is 16.6. The Morgan fingerprint density at radius 3 is 2.05 bits per heavy atom. The number of rotatable bonds is 8. The molecule has 198 valence electrons.